The Hall–Kier alpha value is -1.66. The maximum Gasteiger partial charge on any atom is 0.224 e. The van der Waals surface area contributed by atoms with E-state index in [-0.39, 0.29) is 11.8 Å². The molecular weight excluding hydrogens is 322 g/mol. The molecule has 1 N–H and O–H groups in total. The predicted molar refractivity (Wildman–Crippen MR) is 95.0 cm³/mol. The number of piperidine rings is 1. The Balaban J connectivity index is 1.44. The van der Waals surface area contributed by atoms with Gasteiger partial charge in [0, 0.05) is 24.4 Å². The monoisotopic (exact) mass is 347 g/mol. The summed E-state index contributed by atoms with van der Waals surface area (Å²) < 4.78 is 5.41. The summed E-state index contributed by atoms with van der Waals surface area (Å²) in [6, 6.07) is 3.90. The van der Waals surface area contributed by atoms with E-state index >= 15 is 0 Å². The third-order valence-corrected chi connectivity index (χ3v) is 5.68. The minimum absolute atomic E-state index is 0.0773. The van der Waals surface area contributed by atoms with E-state index in [0.717, 1.165) is 55.4 Å². The van der Waals surface area contributed by atoms with Crippen LogP contribution in [0.25, 0.3) is 0 Å². The van der Waals surface area contributed by atoms with Crippen LogP contribution in [0.15, 0.2) is 22.8 Å². The number of amides is 1. The van der Waals surface area contributed by atoms with Gasteiger partial charge in [-0.3, -0.25) is 9.69 Å². The number of rotatable bonds is 6. The molecule has 3 heterocycles. The minimum atomic E-state index is 0.0773. The van der Waals surface area contributed by atoms with E-state index in [1.54, 1.807) is 17.6 Å². The largest absolute Gasteiger partial charge is 0.468 e. The summed E-state index contributed by atoms with van der Waals surface area (Å²) >= 11 is 1.72. The molecule has 1 fully saturated rings. The van der Waals surface area contributed by atoms with Crippen molar-refractivity contribution in [3.63, 3.8) is 0 Å². The summed E-state index contributed by atoms with van der Waals surface area (Å²) in [5.74, 6) is 1.21. The fraction of sp³-hybridized carbons (Fsp3) is 0.556. The molecule has 1 atom stereocenters. The zero-order valence-electron chi connectivity index (χ0n) is 14.4. The van der Waals surface area contributed by atoms with E-state index < -0.39 is 0 Å². The number of carbonyl (C=O) groups is 1. The molecule has 1 aliphatic heterocycles. The van der Waals surface area contributed by atoms with Crippen LogP contribution in [-0.4, -0.2) is 35.4 Å². The Labute approximate surface area is 147 Å². The van der Waals surface area contributed by atoms with Crippen molar-refractivity contribution in [3.05, 3.63) is 39.7 Å². The van der Waals surface area contributed by atoms with E-state index in [2.05, 4.69) is 22.1 Å². The quantitative estimate of drug-likeness (QED) is 0.873. The molecule has 0 unspecified atom stereocenters. The van der Waals surface area contributed by atoms with Crippen LogP contribution in [0.5, 0.6) is 0 Å². The Kier molecular flexibility index (Phi) is 5.68. The average Bonchev–Trinajstić information content (AvgIpc) is 3.18. The summed E-state index contributed by atoms with van der Waals surface area (Å²) in [5, 5.41) is 4.19. The molecule has 0 spiro atoms. The van der Waals surface area contributed by atoms with Gasteiger partial charge in [-0.25, -0.2) is 4.98 Å². The maximum absolute atomic E-state index is 12.4. The molecule has 130 valence electrons. The summed E-state index contributed by atoms with van der Waals surface area (Å²) in [4.78, 5) is 20.5. The number of likely N-dealkylation sites (tertiary alicyclic amines) is 1. The Morgan fingerprint density at radius 2 is 2.38 bits per heavy atom. The second-order valence-corrected chi connectivity index (χ2v) is 7.73. The Bertz CT molecular complexity index is 646. The highest BCUT2D eigenvalue weighted by atomic mass is 32.1. The standard InChI is InChI=1S/C18H25N3O2S/c1-13-14(2)24-17(20-13)7-8-19-18(22)15-5-3-9-21(11-15)12-16-6-4-10-23-16/h4,6,10,15H,3,5,7-9,11-12H2,1-2H3,(H,19,22)/t15-/m1/s1. The SMILES string of the molecule is Cc1nc(CCNC(=O)[C@@H]2CCCN(Cc3ccco3)C2)sc1C. The van der Waals surface area contributed by atoms with Gasteiger partial charge in [0.2, 0.25) is 5.91 Å². The number of nitrogens with zero attached hydrogens (tertiary/aromatic N) is 2. The number of carbonyl (C=O) groups excluding carboxylic acids is 1. The normalized spacial score (nSPS) is 18.7. The highest BCUT2D eigenvalue weighted by Gasteiger charge is 2.26. The second kappa shape index (κ2) is 7.94. The van der Waals surface area contributed by atoms with Gasteiger partial charge in [-0.15, -0.1) is 11.3 Å². The molecule has 0 bridgehead atoms. The number of hydrogen-bond acceptors (Lipinski definition) is 5. The lowest BCUT2D eigenvalue weighted by molar-refractivity contribution is -0.126. The first-order valence-electron chi connectivity index (χ1n) is 8.57. The van der Waals surface area contributed by atoms with Gasteiger partial charge >= 0.3 is 0 Å². The zero-order valence-corrected chi connectivity index (χ0v) is 15.2. The lowest BCUT2D eigenvalue weighted by Crippen LogP contribution is -2.43. The van der Waals surface area contributed by atoms with Crippen molar-refractivity contribution >= 4 is 17.2 Å². The van der Waals surface area contributed by atoms with Crippen molar-refractivity contribution in [2.24, 2.45) is 5.92 Å². The van der Waals surface area contributed by atoms with Crippen molar-refractivity contribution in [1.29, 1.82) is 0 Å². The fourth-order valence-electron chi connectivity index (χ4n) is 3.12. The van der Waals surface area contributed by atoms with E-state index in [4.69, 9.17) is 4.42 Å². The van der Waals surface area contributed by atoms with Gasteiger partial charge in [-0.1, -0.05) is 0 Å². The molecule has 1 saturated heterocycles. The lowest BCUT2D eigenvalue weighted by Gasteiger charge is -2.31. The molecular formula is C18H25N3O2S. The molecule has 0 aromatic carbocycles. The van der Waals surface area contributed by atoms with E-state index in [0.29, 0.717) is 6.54 Å². The first kappa shape index (κ1) is 17.2. The minimum Gasteiger partial charge on any atom is -0.468 e. The van der Waals surface area contributed by atoms with Crippen LogP contribution in [-0.2, 0) is 17.8 Å². The number of nitrogens with one attached hydrogen (secondary N) is 1. The van der Waals surface area contributed by atoms with Crippen LogP contribution in [0.3, 0.4) is 0 Å². The molecule has 6 heteroatoms. The van der Waals surface area contributed by atoms with Crippen molar-refractivity contribution in [2.75, 3.05) is 19.6 Å². The third-order valence-electron chi connectivity index (χ3n) is 4.55. The molecule has 0 radical (unpaired) electrons. The summed E-state index contributed by atoms with van der Waals surface area (Å²) in [7, 11) is 0. The highest BCUT2D eigenvalue weighted by molar-refractivity contribution is 7.11. The van der Waals surface area contributed by atoms with Crippen LogP contribution in [0, 0.1) is 19.8 Å². The van der Waals surface area contributed by atoms with Gasteiger partial charge < -0.3 is 9.73 Å². The number of aromatic nitrogens is 1. The number of aryl methyl sites for hydroxylation is 2. The lowest BCUT2D eigenvalue weighted by atomic mass is 9.97. The molecule has 24 heavy (non-hydrogen) atoms. The van der Waals surface area contributed by atoms with E-state index in [1.165, 1.54) is 4.88 Å². The van der Waals surface area contributed by atoms with Gasteiger partial charge in [0.15, 0.2) is 0 Å². The van der Waals surface area contributed by atoms with Gasteiger partial charge in [0.1, 0.15) is 5.76 Å². The van der Waals surface area contributed by atoms with Crippen molar-refractivity contribution in [1.82, 2.24) is 15.2 Å². The molecule has 0 saturated carbocycles. The van der Waals surface area contributed by atoms with Gasteiger partial charge in [-0.2, -0.15) is 0 Å². The maximum atomic E-state index is 12.4. The molecule has 2 aromatic heterocycles. The summed E-state index contributed by atoms with van der Waals surface area (Å²) in [6.07, 6.45) is 4.54. The third kappa shape index (κ3) is 4.45. The molecule has 5 nitrogen and oxygen atoms in total. The summed E-state index contributed by atoms with van der Waals surface area (Å²) in [6.45, 7) is 7.41. The Morgan fingerprint density at radius 3 is 3.08 bits per heavy atom. The van der Waals surface area contributed by atoms with Gasteiger partial charge in [0.25, 0.3) is 0 Å². The van der Waals surface area contributed by atoms with Gasteiger partial charge in [0.05, 0.1) is 29.4 Å². The predicted octanol–water partition coefficient (Wildman–Crippen LogP) is 2.92. The first-order chi connectivity index (χ1) is 11.6. The average molecular weight is 347 g/mol. The van der Waals surface area contributed by atoms with Crippen molar-refractivity contribution in [2.45, 2.75) is 39.7 Å². The highest BCUT2D eigenvalue weighted by Crippen LogP contribution is 2.19. The van der Waals surface area contributed by atoms with Crippen LogP contribution in [0.4, 0.5) is 0 Å². The number of furan rings is 1. The molecule has 3 rings (SSSR count). The topological polar surface area (TPSA) is 58.4 Å². The molecule has 1 amide bonds. The van der Waals surface area contributed by atoms with E-state index in [1.807, 2.05) is 19.1 Å². The second-order valence-electron chi connectivity index (χ2n) is 6.44. The van der Waals surface area contributed by atoms with E-state index in [9.17, 15) is 4.79 Å². The molecule has 1 aliphatic rings. The van der Waals surface area contributed by atoms with Crippen LogP contribution < -0.4 is 5.32 Å². The fourth-order valence-corrected chi connectivity index (χ4v) is 4.05. The van der Waals surface area contributed by atoms with Crippen LogP contribution >= 0.6 is 11.3 Å². The molecule has 0 aliphatic carbocycles. The van der Waals surface area contributed by atoms with Crippen molar-refractivity contribution in [3.8, 4) is 0 Å². The zero-order chi connectivity index (χ0) is 16.9. The summed E-state index contributed by atoms with van der Waals surface area (Å²) in [5.41, 5.74) is 1.10. The Morgan fingerprint density at radius 1 is 1.50 bits per heavy atom. The first-order valence-corrected chi connectivity index (χ1v) is 9.39. The van der Waals surface area contributed by atoms with Gasteiger partial charge in [-0.05, 0) is 45.4 Å². The smallest absolute Gasteiger partial charge is 0.224 e. The number of hydrogen-bond donors (Lipinski definition) is 1. The number of thiazole rings is 1. The van der Waals surface area contributed by atoms with Crippen molar-refractivity contribution < 1.29 is 9.21 Å². The molecule has 2 aromatic rings. The van der Waals surface area contributed by atoms with Crippen LogP contribution in [0.1, 0.15) is 34.2 Å². The van der Waals surface area contributed by atoms with Crippen LogP contribution in [0.2, 0.25) is 0 Å².